The molecular weight excluding hydrogens is 330 g/mol. The van der Waals surface area contributed by atoms with Crippen molar-refractivity contribution in [3.8, 4) is 5.75 Å². The van der Waals surface area contributed by atoms with E-state index >= 15 is 0 Å². The monoisotopic (exact) mass is 361 g/mol. The Morgan fingerprint density at radius 3 is 2.54 bits per heavy atom. The maximum absolute atomic E-state index is 12.6. The zero-order valence-corrected chi connectivity index (χ0v) is 16.5. The second kappa shape index (κ2) is 11.3. The van der Waals surface area contributed by atoms with Gasteiger partial charge in [0.05, 0.1) is 19.1 Å². The molecule has 144 valence electrons. The van der Waals surface area contributed by atoms with Gasteiger partial charge < -0.3 is 14.4 Å². The first-order chi connectivity index (χ1) is 12.4. The highest BCUT2D eigenvalue weighted by Gasteiger charge is 2.18. The third-order valence-electron chi connectivity index (χ3n) is 3.92. The summed E-state index contributed by atoms with van der Waals surface area (Å²) in [5.41, 5.74) is 0.894. The van der Waals surface area contributed by atoms with Crippen LogP contribution in [0.25, 0.3) is 6.08 Å². The van der Waals surface area contributed by atoms with Crippen LogP contribution >= 0.6 is 0 Å². The zero-order chi connectivity index (χ0) is 19.5. The lowest BCUT2D eigenvalue weighted by atomic mass is 10.1. The minimum absolute atomic E-state index is 0.0529. The number of hydrogen-bond donors (Lipinski definition) is 0. The Bertz CT molecular complexity index is 610. The van der Waals surface area contributed by atoms with Gasteiger partial charge in [0.1, 0.15) is 5.75 Å². The van der Waals surface area contributed by atoms with Gasteiger partial charge >= 0.3 is 5.97 Å². The van der Waals surface area contributed by atoms with Gasteiger partial charge in [0.2, 0.25) is 5.91 Å². The molecule has 5 heteroatoms. The number of carbonyl (C=O) groups excluding carboxylic acids is 2. The molecule has 0 bridgehead atoms. The van der Waals surface area contributed by atoms with Gasteiger partial charge in [0.15, 0.2) is 0 Å². The molecule has 0 aliphatic heterocycles. The lowest BCUT2D eigenvalue weighted by molar-refractivity contribution is -0.144. The molecule has 0 aliphatic carbocycles. The number of esters is 1. The highest BCUT2D eigenvalue weighted by Crippen LogP contribution is 2.16. The molecule has 0 aromatic heterocycles. The van der Waals surface area contributed by atoms with Crippen molar-refractivity contribution < 1.29 is 19.1 Å². The van der Waals surface area contributed by atoms with Crippen molar-refractivity contribution in [2.45, 2.75) is 59.6 Å². The number of amides is 1. The quantitative estimate of drug-likeness (QED) is 0.466. The van der Waals surface area contributed by atoms with E-state index in [1.165, 1.54) is 0 Å². The van der Waals surface area contributed by atoms with Crippen molar-refractivity contribution in [1.82, 2.24) is 4.90 Å². The molecule has 1 rings (SSSR count). The molecule has 0 aliphatic rings. The molecule has 1 amide bonds. The van der Waals surface area contributed by atoms with E-state index in [0.717, 1.165) is 17.7 Å². The fourth-order valence-electron chi connectivity index (χ4n) is 2.44. The van der Waals surface area contributed by atoms with Crippen LogP contribution in [-0.2, 0) is 14.3 Å². The summed E-state index contributed by atoms with van der Waals surface area (Å²) >= 11 is 0. The smallest absolute Gasteiger partial charge is 0.307 e. The van der Waals surface area contributed by atoms with Crippen molar-refractivity contribution in [1.29, 1.82) is 0 Å². The maximum Gasteiger partial charge on any atom is 0.307 e. The van der Waals surface area contributed by atoms with Crippen molar-refractivity contribution >= 4 is 18.0 Å². The summed E-state index contributed by atoms with van der Waals surface area (Å²) in [6.45, 7) is 10.4. The highest BCUT2D eigenvalue weighted by molar-refractivity contribution is 5.92. The van der Waals surface area contributed by atoms with E-state index < -0.39 is 0 Å². The third kappa shape index (κ3) is 7.72. The molecule has 0 spiro atoms. The predicted molar refractivity (Wildman–Crippen MR) is 104 cm³/mol. The topological polar surface area (TPSA) is 55.8 Å². The number of rotatable bonds is 10. The van der Waals surface area contributed by atoms with Gasteiger partial charge in [-0.25, -0.2) is 0 Å². The van der Waals surface area contributed by atoms with Crippen LogP contribution in [0.2, 0.25) is 0 Å². The van der Waals surface area contributed by atoms with E-state index in [1.807, 2.05) is 52.0 Å². The van der Waals surface area contributed by atoms with Gasteiger partial charge in [0, 0.05) is 18.7 Å². The lowest BCUT2D eigenvalue weighted by Crippen LogP contribution is -2.38. The van der Waals surface area contributed by atoms with Gasteiger partial charge in [-0.1, -0.05) is 19.1 Å². The number of hydrogen-bond acceptors (Lipinski definition) is 4. The first kappa shape index (κ1) is 21.7. The predicted octanol–water partition coefficient (Wildman–Crippen LogP) is 4.07. The largest absolute Gasteiger partial charge is 0.491 e. The summed E-state index contributed by atoms with van der Waals surface area (Å²) in [7, 11) is 0. The van der Waals surface area contributed by atoms with Crippen molar-refractivity contribution in [3.05, 3.63) is 35.9 Å². The zero-order valence-electron chi connectivity index (χ0n) is 16.5. The van der Waals surface area contributed by atoms with Gasteiger partial charge in [-0.3, -0.25) is 9.59 Å². The maximum atomic E-state index is 12.6. The molecule has 0 heterocycles. The molecular formula is C21H31NO4. The summed E-state index contributed by atoms with van der Waals surface area (Å²) in [6, 6.07) is 7.66. The summed E-state index contributed by atoms with van der Waals surface area (Å²) in [4.78, 5) is 25.9. The third-order valence-corrected chi connectivity index (χ3v) is 3.92. The molecule has 0 radical (unpaired) electrons. The van der Waals surface area contributed by atoms with E-state index in [1.54, 1.807) is 24.0 Å². The molecule has 5 nitrogen and oxygen atoms in total. The van der Waals surface area contributed by atoms with Crippen LogP contribution in [-0.4, -0.2) is 42.1 Å². The summed E-state index contributed by atoms with van der Waals surface area (Å²) < 4.78 is 10.6. The normalized spacial score (nSPS) is 12.2. The molecule has 0 fully saturated rings. The van der Waals surface area contributed by atoms with Crippen LogP contribution in [0.15, 0.2) is 30.3 Å². The minimum atomic E-state index is -0.281. The molecule has 1 aromatic carbocycles. The SMILES string of the molecule is CCOC(=O)CCN(C(=O)/C=C/c1cccc(OC(C)C)c1)C(C)CC. The van der Waals surface area contributed by atoms with Crippen LogP contribution in [0.1, 0.15) is 53.0 Å². The van der Waals surface area contributed by atoms with Crippen molar-refractivity contribution in [2.24, 2.45) is 0 Å². The van der Waals surface area contributed by atoms with Crippen LogP contribution in [0.3, 0.4) is 0 Å². The molecule has 1 unspecified atom stereocenters. The fraction of sp³-hybridized carbons (Fsp3) is 0.524. The lowest BCUT2D eigenvalue weighted by Gasteiger charge is -2.27. The first-order valence-electron chi connectivity index (χ1n) is 9.28. The van der Waals surface area contributed by atoms with Crippen molar-refractivity contribution in [3.63, 3.8) is 0 Å². The highest BCUT2D eigenvalue weighted by atomic mass is 16.5. The van der Waals surface area contributed by atoms with Crippen molar-refractivity contribution in [2.75, 3.05) is 13.2 Å². The molecule has 26 heavy (non-hydrogen) atoms. The Balaban J connectivity index is 2.78. The van der Waals surface area contributed by atoms with E-state index in [2.05, 4.69) is 0 Å². The second-order valence-corrected chi connectivity index (χ2v) is 6.42. The number of ether oxygens (including phenoxy) is 2. The summed E-state index contributed by atoms with van der Waals surface area (Å²) in [6.07, 6.45) is 4.44. The second-order valence-electron chi connectivity index (χ2n) is 6.42. The van der Waals surface area contributed by atoms with Crippen LogP contribution < -0.4 is 4.74 Å². The summed E-state index contributed by atoms with van der Waals surface area (Å²) in [5.74, 6) is 0.380. The first-order valence-corrected chi connectivity index (χ1v) is 9.28. The average Bonchev–Trinajstić information content (AvgIpc) is 2.59. The van der Waals surface area contributed by atoms with E-state index in [4.69, 9.17) is 9.47 Å². The van der Waals surface area contributed by atoms with Gasteiger partial charge in [0.25, 0.3) is 0 Å². The minimum Gasteiger partial charge on any atom is -0.491 e. The van der Waals surface area contributed by atoms with Crippen LogP contribution in [0.4, 0.5) is 0 Å². The Labute approximate surface area is 157 Å². The standard InChI is InChI=1S/C21H31NO4/c1-6-17(5)22(14-13-21(24)25-7-2)20(23)12-11-18-9-8-10-19(15-18)26-16(3)4/h8-12,15-17H,6-7,13-14H2,1-5H3/b12-11+. The molecule has 1 aromatic rings. The fourth-order valence-corrected chi connectivity index (χ4v) is 2.44. The van der Waals surface area contributed by atoms with Crippen LogP contribution in [0.5, 0.6) is 5.75 Å². The molecule has 1 atom stereocenters. The van der Waals surface area contributed by atoms with E-state index in [-0.39, 0.29) is 30.4 Å². The number of nitrogens with zero attached hydrogens (tertiary/aromatic N) is 1. The summed E-state index contributed by atoms with van der Waals surface area (Å²) in [5, 5.41) is 0. The van der Waals surface area contributed by atoms with Gasteiger partial charge in [-0.2, -0.15) is 0 Å². The Morgan fingerprint density at radius 2 is 1.92 bits per heavy atom. The Hall–Kier alpha value is -2.30. The van der Waals surface area contributed by atoms with Gasteiger partial charge in [-0.15, -0.1) is 0 Å². The van der Waals surface area contributed by atoms with Crippen LogP contribution in [0, 0.1) is 0 Å². The van der Waals surface area contributed by atoms with Gasteiger partial charge in [-0.05, 0) is 57.9 Å². The Morgan fingerprint density at radius 1 is 1.19 bits per heavy atom. The van der Waals surface area contributed by atoms with E-state index in [0.29, 0.717) is 13.2 Å². The van der Waals surface area contributed by atoms with E-state index in [9.17, 15) is 9.59 Å². The molecule has 0 saturated carbocycles. The molecule has 0 N–H and O–H groups in total. The Kier molecular flexibility index (Phi) is 9.48. The number of carbonyl (C=O) groups is 2. The molecule has 0 saturated heterocycles. The number of benzene rings is 1. The average molecular weight is 361 g/mol.